The van der Waals surface area contributed by atoms with Crippen LogP contribution in [0.5, 0.6) is 0 Å². The maximum Gasteiger partial charge on any atom is 0.315 e. The normalized spacial score (nSPS) is 17.1. The zero-order valence-corrected chi connectivity index (χ0v) is 12.6. The second kappa shape index (κ2) is 8.09. The van der Waals surface area contributed by atoms with Crippen molar-refractivity contribution in [1.29, 1.82) is 0 Å². The number of nitrogens with one attached hydrogen (secondary N) is 2. The van der Waals surface area contributed by atoms with Crippen molar-refractivity contribution in [2.45, 2.75) is 51.5 Å². The fraction of sp³-hybridized carbons (Fsp3) is 0.857. The highest BCUT2D eigenvalue weighted by Gasteiger charge is 2.37. The minimum atomic E-state index is -0.852. The fourth-order valence-electron chi connectivity index (χ4n) is 2.84. The summed E-state index contributed by atoms with van der Waals surface area (Å²) in [6, 6.07) is -0.250. The van der Waals surface area contributed by atoms with Gasteiger partial charge in [0.05, 0.1) is 12.0 Å². The number of hydrogen-bond acceptors (Lipinski definition) is 3. The van der Waals surface area contributed by atoms with Gasteiger partial charge >= 0.3 is 12.0 Å². The molecule has 0 unspecified atom stereocenters. The molecule has 0 atom stereocenters. The number of rotatable bonds is 8. The molecule has 1 aliphatic carbocycles. The molecule has 0 aromatic heterocycles. The van der Waals surface area contributed by atoms with Crippen molar-refractivity contribution in [1.82, 2.24) is 15.5 Å². The molecule has 1 rings (SSSR count). The van der Waals surface area contributed by atoms with Crippen LogP contribution in [0.2, 0.25) is 0 Å². The third-order valence-corrected chi connectivity index (χ3v) is 4.04. The molecule has 20 heavy (non-hydrogen) atoms. The van der Waals surface area contributed by atoms with Gasteiger partial charge < -0.3 is 20.6 Å². The van der Waals surface area contributed by atoms with Gasteiger partial charge in [0.2, 0.25) is 0 Å². The number of carboxylic acid groups (broad SMARTS) is 1. The third kappa shape index (κ3) is 5.36. The van der Waals surface area contributed by atoms with Crippen LogP contribution < -0.4 is 10.6 Å². The Balaban J connectivity index is 2.37. The predicted octanol–water partition coefficient (Wildman–Crippen LogP) is 1.41. The first-order valence-corrected chi connectivity index (χ1v) is 7.51. The molecular formula is C14H27N3O3. The molecule has 0 saturated heterocycles. The van der Waals surface area contributed by atoms with Crippen molar-refractivity contribution in [3.05, 3.63) is 0 Å². The van der Waals surface area contributed by atoms with Crippen LogP contribution in [0.15, 0.2) is 0 Å². The number of carbonyl (C=O) groups is 2. The van der Waals surface area contributed by atoms with Gasteiger partial charge in [0.25, 0.3) is 0 Å². The number of hydrogen-bond donors (Lipinski definition) is 3. The highest BCUT2D eigenvalue weighted by atomic mass is 16.4. The van der Waals surface area contributed by atoms with E-state index in [0.29, 0.717) is 6.54 Å². The predicted molar refractivity (Wildman–Crippen MR) is 77.8 cm³/mol. The average molecular weight is 285 g/mol. The van der Waals surface area contributed by atoms with E-state index in [1.165, 1.54) is 0 Å². The summed E-state index contributed by atoms with van der Waals surface area (Å²) in [6.45, 7) is 7.49. The van der Waals surface area contributed by atoms with E-state index >= 15 is 0 Å². The number of aliphatic carboxylic acids is 1. The molecule has 116 valence electrons. The van der Waals surface area contributed by atoms with Gasteiger partial charge in [0.15, 0.2) is 0 Å². The molecule has 1 fully saturated rings. The molecule has 0 bridgehead atoms. The number of amides is 2. The van der Waals surface area contributed by atoms with Gasteiger partial charge in [-0.05, 0) is 25.9 Å². The Hall–Kier alpha value is -1.30. The number of urea groups is 1. The van der Waals surface area contributed by atoms with Gasteiger partial charge in [-0.25, -0.2) is 4.79 Å². The quantitative estimate of drug-likeness (QED) is 0.630. The number of carboxylic acids is 1. The van der Waals surface area contributed by atoms with Crippen LogP contribution in [-0.2, 0) is 4.79 Å². The average Bonchev–Trinajstić information content (AvgIpc) is 2.81. The summed E-state index contributed by atoms with van der Waals surface area (Å²) in [6.07, 6.45) is 3.47. The molecule has 3 N–H and O–H groups in total. The molecule has 6 heteroatoms. The van der Waals surface area contributed by atoms with Gasteiger partial charge in [-0.1, -0.05) is 26.7 Å². The molecule has 0 aliphatic heterocycles. The van der Waals surface area contributed by atoms with Crippen molar-refractivity contribution in [2.24, 2.45) is 0 Å². The summed E-state index contributed by atoms with van der Waals surface area (Å²) in [7, 11) is 0. The number of carbonyl (C=O) groups excluding carboxylic acids is 1. The fourth-order valence-corrected chi connectivity index (χ4v) is 2.84. The molecule has 2 amide bonds. The maximum absolute atomic E-state index is 11.9. The zero-order chi connectivity index (χ0) is 15.0. The summed E-state index contributed by atoms with van der Waals surface area (Å²) in [5.74, 6) is -0.852. The van der Waals surface area contributed by atoms with Crippen molar-refractivity contribution in [2.75, 3.05) is 26.2 Å². The van der Waals surface area contributed by atoms with Crippen molar-refractivity contribution in [3.63, 3.8) is 0 Å². The van der Waals surface area contributed by atoms with E-state index in [1.54, 1.807) is 0 Å². The monoisotopic (exact) mass is 285 g/mol. The van der Waals surface area contributed by atoms with E-state index in [1.807, 2.05) is 0 Å². The van der Waals surface area contributed by atoms with Gasteiger partial charge in [0, 0.05) is 13.1 Å². The van der Waals surface area contributed by atoms with Crippen LogP contribution in [0.25, 0.3) is 0 Å². The number of nitrogens with zero attached hydrogens (tertiary/aromatic N) is 1. The van der Waals surface area contributed by atoms with Crippen molar-refractivity contribution >= 4 is 12.0 Å². The molecular weight excluding hydrogens is 258 g/mol. The van der Waals surface area contributed by atoms with Crippen LogP contribution in [0.1, 0.15) is 46.0 Å². The van der Waals surface area contributed by atoms with Crippen LogP contribution in [-0.4, -0.2) is 53.7 Å². The maximum atomic E-state index is 11.9. The lowest BCUT2D eigenvalue weighted by Crippen LogP contribution is -2.52. The number of likely N-dealkylation sites (N-methyl/N-ethyl adjacent to an activating group) is 1. The molecule has 0 spiro atoms. The van der Waals surface area contributed by atoms with Gasteiger partial charge in [-0.15, -0.1) is 0 Å². The smallest absolute Gasteiger partial charge is 0.315 e. The van der Waals surface area contributed by atoms with Crippen LogP contribution in [0.4, 0.5) is 4.79 Å². The Morgan fingerprint density at radius 3 is 2.30 bits per heavy atom. The standard InChI is InChI=1S/C14H27N3O3/c1-3-17(4-2)10-9-15-13(20)16-14(11-12(18)19)7-5-6-8-14/h3-11H2,1-2H3,(H,18,19)(H2,15,16,20). The second-order valence-corrected chi connectivity index (χ2v) is 5.47. The van der Waals surface area contributed by atoms with E-state index in [-0.39, 0.29) is 12.5 Å². The molecule has 0 radical (unpaired) electrons. The second-order valence-electron chi connectivity index (χ2n) is 5.47. The Morgan fingerprint density at radius 2 is 1.80 bits per heavy atom. The molecule has 0 heterocycles. The molecule has 1 saturated carbocycles. The lowest BCUT2D eigenvalue weighted by atomic mass is 9.93. The highest BCUT2D eigenvalue weighted by Crippen LogP contribution is 2.32. The summed E-state index contributed by atoms with van der Waals surface area (Å²) in [5, 5.41) is 14.7. The van der Waals surface area contributed by atoms with Crippen LogP contribution >= 0.6 is 0 Å². The van der Waals surface area contributed by atoms with E-state index < -0.39 is 11.5 Å². The SMILES string of the molecule is CCN(CC)CCNC(=O)NC1(CC(=O)O)CCCC1. The molecule has 0 aromatic rings. The first kappa shape index (κ1) is 16.8. The lowest BCUT2D eigenvalue weighted by molar-refractivity contribution is -0.138. The van der Waals surface area contributed by atoms with Gasteiger partial charge in [-0.3, -0.25) is 4.79 Å². The van der Waals surface area contributed by atoms with Gasteiger partial charge in [-0.2, -0.15) is 0 Å². The Bertz CT molecular complexity index is 324. The minimum Gasteiger partial charge on any atom is -0.481 e. The Kier molecular flexibility index (Phi) is 6.78. The van der Waals surface area contributed by atoms with Crippen molar-refractivity contribution < 1.29 is 14.7 Å². The van der Waals surface area contributed by atoms with Crippen LogP contribution in [0, 0.1) is 0 Å². The molecule has 1 aliphatic rings. The van der Waals surface area contributed by atoms with E-state index in [4.69, 9.17) is 5.11 Å². The zero-order valence-electron chi connectivity index (χ0n) is 12.6. The van der Waals surface area contributed by atoms with E-state index in [2.05, 4.69) is 29.4 Å². The summed E-state index contributed by atoms with van der Waals surface area (Å²) >= 11 is 0. The lowest BCUT2D eigenvalue weighted by Gasteiger charge is -2.29. The van der Waals surface area contributed by atoms with E-state index in [0.717, 1.165) is 45.3 Å². The van der Waals surface area contributed by atoms with Crippen molar-refractivity contribution in [3.8, 4) is 0 Å². The largest absolute Gasteiger partial charge is 0.481 e. The third-order valence-electron chi connectivity index (χ3n) is 4.04. The summed E-state index contributed by atoms with van der Waals surface area (Å²) in [4.78, 5) is 25.1. The first-order chi connectivity index (χ1) is 9.51. The Morgan fingerprint density at radius 1 is 1.20 bits per heavy atom. The minimum absolute atomic E-state index is 0.0104. The molecule has 0 aromatic carbocycles. The highest BCUT2D eigenvalue weighted by molar-refractivity contribution is 5.76. The van der Waals surface area contributed by atoms with Crippen LogP contribution in [0.3, 0.4) is 0 Å². The topological polar surface area (TPSA) is 81.7 Å². The summed E-state index contributed by atoms with van der Waals surface area (Å²) in [5.41, 5.74) is -0.550. The summed E-state index contributed by atoms with van der Waals surface area (Å²) < 4.78 is 0. The Labute approximate surface area is 120 Å². The molecule has 6 nitrogen and oxygen atoms in total. The van der Waals surface area contributed by atoms with Gasteiger partial charge in [0.1, 0.15) is 0 Å². The first-order valence-electron chi connectivity index (χ1n) is 7.51. The van der Waals surface area contributed by atoms with E-state index in [9.17, 15) is 9.59 Å².